The topological polar surface area (TPSA) is 114 Å². The van der Waals surface area contributed by atoms with Gasteiger partial charge in [0.2, 0.25) is 10.0 Å². The van der Waals surface area contributed by atoms with Gasteiger partial charge in [-0.05, 0) is 11.6 Å². The van der Waals surface area contributed by atoms with Crippen molar-refractivity contribution in [3.8, 4) is 0 Å². The van der Waals surface area contributed by atoms with Crippen molar-refractivity contribution in [3.63, 3.8) is 0 Å². The number of nitro groups is 1. The normalized spacial score (nSPS) is 16.6. The Labute approximate surface area is 169 Å². The maximum Gasteiger partial charge on any atom is 0.270 e. The molecule has 1 N–H and O–H groups in total. The van der Waals surface area contributed by atoms with Crippen molar-refractivity contribution in [2.24, 2.45) is 5.10 Å². The second-order valence-electron chi connectivity index (χ2n) is 6.54. The van der Waals surface area contributed by atoms with E-state index >= 15 is 0 Å². The van der Waals surface area contributed by atoms with E-state index in [2.05, 4.69) is 10.5 Å². The Morgan fingerprint density at radius 2 is 1.90 bits per heavy atom. The smallest absolute Gasteiger partial charge is 0.270 e. The standard InChI is InChI=1S/C19H22N4O5S/c1-15(16-5-3-2-4-6-16)14-20-21-18-8-7-17(23(24)25)13-19(18)29(26,27)22-9-11-28-12-10-22/h2-8,13-15,21H,9-12H2,1H3/b20-14-/t15-/m0/s1. The van der Waals surface area contributed by atoms with Crippen LogP contribution < -0.4 is 5.43 Å². The van der Waals surface area contributed by atoms with E-state index < -0.39 is 14.9 Å². The molecule has 29 heavy (non-hydrogen) atoms. The third-order valence-electron chi connectivity index (χ3n) is 4.57. The molecule has 0 saturated carbocycles. The van der Waals surface area contributed by atoms with Crippen LogP contribution in [0.1, 0.15) is 18.4 Å². The Morgan fingerprint density at radius 3 is 2.55 bits per heavy atom. The lowest BCUT2D eigenvalue weighted by Crippen LogP contribution is -2.40. The number of hydrazone groups is 1. The Hall–Kier alpha value is -2.82. The van der Waals surface area contributed by atoms with Gasteiger partial charge in [0.1, 0.15) is 4.90 Å². The van der Waals surface area contributed by atoms with Gasteiger partial charge in [-0.2, -0.15) is 9.41 Å². The van der Waals surface area contributed by atoms with Gasteiger partial charge < -0.3 is 4.74 Å². The summed E-state index contributed by atoms with van der Waals surface area (Å²) < 4.78 is 32.6. The molecule has 9 nitrogen and oxygen atoms in total. The maximum absolute atomic E-state index is 13.1. The van der Waals surface area contributed by atoms with E-state index in [4.69, 9.17) is 4.74 Å². The summed E-state index contributed by atoms with van der Waals surface area (Å²) in [6.45, 7) is 2.91. The summed E-state index contributed by atoms with van der Waals surface area (Å²) in [6, 6.07) is 13.4. The average molecular weight is 418 g/mol. The quantitative estimate of drug-likeness (QED) is 0.420. The van der Waals surface area contributed by atoms with Crippen molar-refractivity contribution in [3.05, 3.63) is 64.2 Å². The molecule has 0 unspecified atom stereocenters. The van der Waals surface area contributed by atoms with Crippen molar-refractivity contribution in [1.82, 2.24) is 4.31 Å². The largest absolute Gasteiger partial charge is 0.379 e. The third-order valence-corrected chi connectivity index (χ3v) is 6.51. The van der Waals surface area contributed by atoms with E-state index in [9.17, 15) is 18.5 Å². The van der Waals surface area contributed by atoms with Crippen molar-refractivity contribution >= 4 is 27.6 Å². The molecule has 0 amide bonds. The zero-order chi connectivity index (χ0) is 20.9. The fraction of sp³-hybridized carbons (Fsp3) is 0.316. The van der Waals surface area contributed by atoms with Crippen LogP contribution in [0.3, 0.4) is 0 Å². The molecule has 10 heteroatoms. The van der Waals surface area contributed by atoms with Crippen LogP contribution in [-0.2, 0) is 14.8 Å². The lowest BCUT2D eigenvalue weighted by molar-refractivity contribution is -0.385. The van der Waals surface area contributed by atoms with Gasteiger partial charge in [-0.15, -0.1) is 0 Å². The van der Waals surface area contributed by atoms with Crippen LogP contribution in [0.15, 0.2) is 58.5 Å². The van der Waals surface area contributed by atoms with Crippen molar-refractivity contribution in [2.75, 3.05) is 31.7 Å². The van der Waals surface area contributed by atoms with E-state index in [1.807, 2.05) is 37.3 Å². The molecule has 1 atom stereocenters. The second-order valence-corrected chi connectivity index (χ2v) is 8.45. The van der Waals surface area contributed by atoms with Crippen LogP contribution in [0.5, 0.6) is 0 Å². The lowest BCUT2D eigenvalue weighted by atomic mass is 10.0. The number of sulfonamides is 1. The highest BCUT2D eigenvalue weighted by Crippen LogP contribution is 2.29. The summed E-state index contributed by atoms with van der Waals surface area (Å²) in [5.74, 6) is 0.000971. The van der Waals surface area contributed by atoms with Gasteiger partial charge >= 0.3 is 0 Å². The molecule has 0 radical (unpaired) electrons. The van der Waals surface area contributed by atoms with Crippen LogP contribution in [0.4, 0.5) is 11.4 Å². The fourth-order valence-electron chi connectivity index (χ4n) is 2.92. The minimum atomic E-state index is -3.94. The molecule has 1 heterocycles. The van der Waals surface area contributed by atoms with Gasteiger partial charge in [0.05, 0.1) is 23.8 Å². The molecular formula is C19H22N4O5S. The first-order valence-electron chi connectivity index (χ1n) is 9.10. The summed E-state index contributed by atoms with van der Waals surface area (Å²) in [6.07, 6.45) is 1.65. The molecule has 0 spiro atoms. The molecular weight excluding hydrogens is 396 g/mol. The van der Waals surface area contributed by atoms with Crippen LogP contribution in [0.2, 0.25) is 0 Å². The minimum absolute atomic E-state index is 0.000971. The van der Waals surface area contributed by atoms with Crippen molar-refractivity contribution in [2.45, 2.75) is 17.7 Å². The van der Waals surface area contributed by atoms with Crippen LogP contribution >= 0.6 is 0 Å². The number of ether oxygens (including phenoxy) is 1. The number of nitro benzene ring substituents is 1. The zero-order valence-electron chi connectivity index (χ0n) is 15.9. The fourth-order valence-corrected chi connectivity index (χ4v) is 4.49. The molecule has 1 aliphatic heterocycles. The molecule has 0 bridgehead atoms. The summed E-state index contributed by atoms with van der Waals surface area (Å²) in [5, 5.41) is 15.3. The molecule has 1 fully saturated rings. The summed E-state index contributed by atoms with van der Waals surface area (Å²) in [4.78, 5) is 10.4. The predicted molar refractivity (Wildman–Crippen MR) is 110 cm³/mol. The third kappa shape index (κ3) is 4.97. The molecule has 154 valence electrons. The SMILES string of the molecule is C[C@@H](/C=N\Nc1ccc([N+](=O)[O-])cc1S(=O)(=O)N1CCOCC1)c1ccccc1. The summed E-state index contributed by atoms with van der Waals surface area (Å²) >= 11 is 0. The van der Waals surface area contributed by atoms with Gasteiger partial charge in [0.15, 0.2) is 0 Å². The van der Waals surface area contributed by atoms with E-state index in [1.165, 1.54) is 16.4 Å². The molecule has 2 aromatic carbocycles. The highest BCUT2D eigenvalue weighted by atomic mass is 32.2. The van der Waals surface area contributed by atoms with E-state index in [1.54, 1.807) is 6.21 Å². The number of rotatable bonds is 7. The number of benzene rings is 2. The van der Waals surface area contributed by atoms with Crippen LogP contribution in [-0.4, -0.2) is 50.2 Å². The minimum Gasteiger partial charge on any atom is -0.379 e. The number of hydrogen-bond acceptors (Lipinski definition) is 7. The highest BCUT2D eigenvalue weighted by Gasteiger charge is 2.30. The predicted octanol–water partition coefficient (Wildman–Crippen LogP) is 2.82. The van der Waals surface area contributed by atoms with Crippen LogP contribution in [0.25, 0.3) is 0 Å². The van der Waals surface area contributed by atoms with Gasteiger partial charge in [-0.1, -0.05) is 37.3 Å². The molecule has 1 saturated heterocycles. The Bertz CT molecular complexity index is 989. The molecule has 0 aliphatic carbocycles. The van der Waals surface area contributed by atoms with Gasteiger partial charge in [-0.25, -0.2) is 8.42 Å². The lowest BCUT2D eigenvalue weighted by Gasteiger charge is -2.26. The summed E-state index contributed by atoms with van der Waals surface area (Å²) in [7, 11) is -3.94. The maximum atomic E-state index is 13.1. The first-order valence-corrected chi connectivity index (χ1v) is 10.5. The monoisotopic (exact) mass is 418 g/mol. The average Bonchev–Trinajstić information content (AvgIpc) is 2.75. The number of anilines is 1. The summed E-state index contributed by atoms with van der Waals surface area (Å²) in [5.41, 5.74) is 3.67. The Kier molecular flexibility index (Phi) is 6.57. The van der Waals surface area contributed by atoms with Crippen molar-refractivity contribution in [1.29, 1.82) is 0 Å². The van der Waals surface area contributed by atoms with Gasteiger partial charge in [-0.3, -0.25) is 15.5 Å². The van der Waals surface area contributed by atoms with E-state index in [-0.39, 0.29) is 48.5 Å². The molecule has 0 aromatic heterocycles. The van der Waals surface area contributed by atoms with Crippen LogP contribution in [0, 0.1) is 10.1 Å². The highest BCUT2D eigenvalue weighted by molar-refractivity contribution is 7.89. The van der Waals surface area contributed by atoms with E-state index in [0.717, 1.165) is 11.6 Å². The number of nitrogens with zero attached hydrogens (tertiary/aromatic N) is 3. The first-order chi connectivity index (χ1) is 13.9. The zero-order valence-corrected chi connectivity index (χ0v) is 16.7. The van der Waals surface area contributed by atoms with Gasteiger partial charge in [0, 0.05) is 37.4 Å². The molecule has 1 aliphatic rings. The first kappa shape index (κ1) is 20.9. The molecule has 2 aromatic rings. The second kappa shape index (κ2) is 9.12. The number of nitrogens with one attached hydrogen (secondary N) is 1. The van der Waals surface area contributed by atoms with E-state index in [0.29, 0.717) is 0 Å². The number of hydrogen-bond donors (Lipinski definition) is 1. The Balaban J connectivity index is 1.88. The molecule has 3 rings (SSSR count). The Morgan fingerprint density at radius 1 is 1.21 bits per heavy atom. The number of non-ortho nitro benzene ring substituents is 1. The van der Waals surface area contributed by atoms with Crippen molar-refractivity contribution < 1.29 is 18.1 Å². The van der Waals surface area contributed by atoms with Gasteiger partial charge in [0.25, 0.3) is 5.69 Å². The number of morpholine rings is 1.